The first-order valence-electron chi connectivity index (χ1n) is 7.84. The van der Waals surface area contributed by atoms with E-state index in [-0.39, 0.29) is 11.2 Å². The van der Waals surface area contributed by atoms with Gasteiger partial charge in [0.1, 0.15) is 0 Å². The van der Waals surface area contributed by atoms with E-state index in [0.717, 1.165) is 27.9 Å². The first-order valence-corrected chi connectivity index (χ1v) is 8.72. The first-order chi connectivity index (χ1) is 11.5. The number of aromatic amines is 1. The molecule has 24 heavy (non-hydrogen) atoms. The third-order valence-corrected chi connectivity index (χ3v) is 4.71. The van der Waals surface area contributed by atoms with E-state index in [1.165, 1.54) is 11.8 Å². The standard InChI is InChI=1S/C18H20N4OS/c1-11-9-12(2)22-18(21-11)24-13(3)17(23)20-10-14-5-4-6-16-15(14)7-8-19-16/h4-9,13,19H,10H2,1-3H3,(H,20,23)/t13-/m1/s1. The Hall–Kier alpha value is -2.34. The molecule has 2 N–H and O–H groups in total. The molecule has 0 aliphatic heterocycles. The summed E-state index contributed by atoms with van der Waals surface area (Å²) < 4.78 is 0. The van der Waals surface area contributed by atoms with Crippen molar-refractivity contribution in [2.24, 2.45) is 0 Å². The lowest BCUT2D eigenvalue weighted by Gasteiger charge is -2.12. The molecule has 3 rings (SSSR count). The number of hydrogen-bond donors (Lipinski definition) is 2. The van der Waals surface area contributed by atoms with Crippen molar-refractivity contribution >= 4 is 28.6 Å². The molecule has 0 saturated carbocycles. The average Bonchev–Trinajstić information content (AvgIpc) is 3.00. The molecular weight excluding hydrogens is 320 g/mol. The Morgan fingerprint density at radius 2 is 2.00 bits per heavy atom. The zero-order chi connectivity index (χ0) is 17.1. The highest BCUT2D eigenvalue weighted by Crippen LogP contribution is 2.21. The number of thioether (sulfide) groups is 1. The lowest BCUT2D eigenvalue weighted by molar-refractivity contribution is -0.120. The zero-order valence-electron chi connectivity index (χ0n) is 14.0. The van der Waals surface area contributed by atoms with Gasteiger partial charge in [0.05, 0.1) is 5.25 Å². The number of H-pyrrole nitrogens is 1. The normalized spacial score (nSPS) is 12.3. The number of hydrogen-bond acceptors (Lipinski definition) is 4. The summed E-state index contributed by atoms with van der Waals surface area (Å²) in [6, 6.07) is 9.99. The highest BCUT2D eigenvalue weighted by atomic mass is 32.2. The van der Waals surface area contributed by atoms with Gasteiger partial charge < -0.3 is 10.3 Å². The van der Waals surface area contributed by atoms with Crippen LogP contribution in [0.3, 0.4) is 0 Å². The van der Waals surface area contributed by atoms with E-state index >= 15 is 0 Å². The minimum absolute atomic E-state index is 0.0182. The molecule has 1 aromatic carbocycles. The van der Waals surface area contributed by atoms with Crippen molar-refractivity contribution in [2.75, 3.05) is 0 Å². The fourth-order valence-corrected chi connectivity index (χ4v) is 3.49. The largest absolute Gasteiger partial charge is 0.361 e. The van der Waals surface area contributed by atoms with Crippen LogP contribution in [0.2, 0.25) is 0 Å². The summed E-state index contributed by atoms with van der Waals surface area (Å²) in [5, 5.41) is 4.52. The molecule has 1 amide bonds. The fraction of sp³-hybridized carbons (Fsp3) is 0.278. The summed E-state index contributed by atoms with van der Waals surface area (Å²) in [4.78, 5) is 24.3. The van der Waals surface area contributed by atoms with E-state index in [0.29, 0.717) is 11.7 Å². The first kappa shape index (κ1) is 16.5. The van der Waals surface area contributed by atoms with Gasteiger partial charge in [0.2, 0.25) is 5.91 Å². The molecule has 2 aromatic heterocycles. The van der Waals surface area contributed by atoms with Crippen molar-refractivity contribution in [3.05, 3.63) is 53.5 Å². The Kier molecular flexibility index (Phi) is 4.85. The van der Waals surface area contributed by atoms with Gasteiger partial charge in [-0.3, -0.25) is 4.79 Å². The number of benzene rings is 1. The Morgan fingerprint density at radius 1 is 1.25 bits per heavy atom. The van der Waals surface area contributed by atoms with Gasteiger partial charge >= 0.3 is 0 Å². The summed E-state index contributed by atoms with van der Waals surface area (Å²) >= 11 is 1.38. The molecule has 0 spiro atoms. The van der Waals surface area contributed by atoms with Gasteiger partial charge in [-0.05, 0) is 44.5 Å². The molecule has 124 valence electrons. The van der Waals surface area contributed by atoms with Crippen molar-refractivity contribution in [3.63, 3.8) is 0 Å². The highest BCUT2D eigenvalue weighted by molar-refractivity contribution is 8.00. The number of carbonyl (C=O) groups excluding carboxylic acids is 1. The van der Waals surface area contributed by atoms with Gasteiger partial charge in [-0.2, -0.15) is 0 Å². The van der Waals surface area contributed by atoms with Crippen LogP contribution in [0.4, 0.5) is 0 Å². The van der Waals surface area contributed by atoms with Crippen LogP contribution in [0.1, 0.15) is 23.9 Å². The average molecular weight is 340 g/mol. The SMILES string of the molecule is Cc1cc(C)nc(S[C@H](C)C(=O)NCc2cccc3[nH]ccc23)n1. The van der Waals surface area contributed by atoms with Crippen LogP contribution in [-0.4, -0.2) is 26.1 Å². The van der Waals surface area contributed by atoms with Crippen LogP contribution in [-0.2, 0) is 11.3 Å². The minimum atomic E-state index is -0.253. The maximum Gasteiger partial charge on any atom is 0.233 e. The summed E-state index contributed by atoms with van der Waals surface area (Å²) in [6.07, 6.45) is 1.91. The molecule has 0 aliphatic rings. The smallest absolute Gasteiger partial charge is 0.233 e. The maximum atomic E-state index is 12.4. The third kappa shape index (κ3) is 3.76. The molecule has 3 aromatic rings. The van der Waals surface area contributed by atoms with Gasteiger partial charge in [-0.25, -0.2) is 9.97 Å². The number of aromatic nitrogens is 3. The van der Waals surface area contributed by atoms with Gasteiger partial charge in [-0.1, -0.05) is 23.9 Å². The molecule has 5 nitrogen and oxygen atoms in total. The molecule has 0 aliphatic carbocycles. The Morgan fingerprint density at radius 3 is 2.75 bits per heavy atom. The van der Waals surface area contributed by atoms with E-state index in [9.17, 15) is 4.79 Å². The van der Waals surface area contributed by atoms with E-state index in [4.69, 9.17) is 0 Å². The second kappa shape index (κ2) is 7.05. The highest BCUT2D eigenvalue weighted by Gasteiger charge is 2.16. The minimum Gasteiger partial charge on any atom is -0.361 e. The van der Waals surface area contributed by atoms with Crippen LogP contribution in [0.5, 0.6) is 0 Å². The summed E-state index contributed by atoms with van der Waals surface area (Å²) in [6.45, 7) is 6.24. The molecule has 0 bridgehead atoms. The van der Waals surface area contributed by atoms with Gasteiger partial charge in [0, 0.05) is 35.0 Å². The van der Waals surface area contributed by atoms with E-state index in [2.05, 4.69) is 20.3 Å². The molecule has 2 heterocycles. The van der Waals surface area contributed by atoms with Crippen LogP contribution in [0, 0.1) is 13.8 Å². The van der Waals surface area contributed by atoms with E-state index in [1.54, 1.807) is 0 Å². The zero-order valence-corrected chi connectivity index (χ0v) is 14.8. The molecule has 1 atom stereocenters. The second-order valence-corrected chi connectivity index (χ2v) is 7.08. The molecule has 0 radical (unpaired) electrons. The van der Waals surface area contributed by atoms with Crippen LogP contribution in [0.25, 0.3) is 10.9 Å². The molecule has 0 saturated heterocycles. The van der Waals surface area contributed by atoms with Crippen molar-refractivity contribution in [2.45, 2.75) is 37.7 Å². The van der Waals surface area contributed by atoms with Crippen LogP contribution >= 0.6 is 11.8 Å². The number of nitrogens with one attached hydrogen (secondary N) is 2. The predicted octanol–water partition coefficient (Wildman–Crippen LogP) is 3.37. The number of carbonyl (C=O) groups is 1. The number of fused-ring (bicyclic) bond motifs is 1. The number of rotatable bonds is 5. The van der Waals surface area contributed by atoms with E-state index in [1.807, 2.05) is 57.3 Å². The number of nitrogens with zero attached hydrogens (tertiary/aromatic N) is 2. The molecule has 6 heteroatoms. The predicted molar refractivity (Wildman–Crippen MR) is 97.0 cm³/mol. The van der Waals surface area contributed by atoms with Crippen molar-refractivity contribution in [3.8, 4) is 0 Å². The Labute approximate surface area is 145 Å². The maximum absolute atomic E-state index is 12.4. The molecular formula is C18H20N4OS. The number of amides is 1. The quantitative estimate of drug-likeness (QED) is 0.552. The van der Waals surface area contributed by atoms with Crippen LogP contribution < -0.4 is 5.32 Å². The van der Waals surface area contributed by atoms with Crippen molar-refractivity contribution < 1.29 is 4.79 Å². The van der Waals surface area contributed by atoms with Crippen LogP contribution in [0.15, 0.2) is 41.7 Å². The lowest BCUT2D eigenvalue weighted by atomic mass is 10.1. The number of aryl methyl sites for hydroxylation is 2. The van der Waals surface area contributed by atoms with E-state index < -0.39 is 0 Å². The lowest BCUT2D eigenvalue weighted by Crippen LogP contribution is -2.30. The van der Waals surface area contributed by atoms with Crippen molar-refractivity contribution in [1.29, 1.82) is 0 Å². The Balaban J connectivity index is 1.63. The van der Waals surface area contributed by atoms with Gasteiger partial charge in [0.15, 0.2) is 5.16 Å². The fourth-order valence-electron chi connectivity index (χ4n) is 2.59. The third-order valence-electron chi connectivity index (χ3n) is 3.75. The van der Waals surface area contributed by atoms with Gasteiger partial charge in [0.25, 0.3) is 0 Å². The second-order valence-electron chi connectivity index (χ2n) is 5.77. The summed E-state index contributed by atoms with van der Waals surface area (Å²) in [5.41, 5.74) is 4.00. The monoisotopic (exact) mass is 340 g/mol. The van der Waals surface area contributed by atoms with Crippen molar-refractivity contribution in [1.82, 2.24) is 20.3 Å². The Bertz CT molecular complexity index is 854. The summed E-state index contributed by atoms with van der Waals surface area (Å²) in [5.74, 6) is -0.0182. The molecule has 0 fully saturated rings. The topological polar surface area (TPSA) is 70.7 Å². The molecule has 0 unspecified atom stereocenters. The summed E-state index contributed by atoms with van der Waals surface area (Å²) in [7, 11) is 0. The van der Waals surface area contributed by atoms with Gasteiger partial charge in [-0.15, -0.1) is 0 Å².